The van der Waals surface area contributed by atoms with Gasteiger partial charge in [0, 0.05) is 13.2 Å². The molecule has 4 rings (SSSR count). The van der Waals surface area contributed by atoms with Gasteiger partial charge in [0.15, 0.2) is 0 Å². The molecule has 2 fully saturated rings. The Hall–Kier alpha value is -1.06. The molecule has 3 nitrogen and oxygen atoms in total. The topological polar surface area (TPSA) is 49.7 Å². The average Bonchev–Trinajstić information content (AvgIpc) is 2.99. The van der Waals surface area contributed by atoms with Crippen LogP contribution in [0.15, 0.2) is 18.2 Å². The summed E-state index contributed by atoms with van der Waals surface area (Å²) in [5, 5.41) is 20.4. The van der Waals surface area contributed by atoms with Crippen LogP contribution in [0.5, 0.6) is 5.75 Å². The molecule has 0 aliphatic heterocycles. The van der Waals surface area contributed by atoms with Gasteiger partial charge in [0.05, 0.1) is 6.10 Å². The van der Waals surface area contributed by atoms with Crippen LogP contribution in [0.25, 0.3) is 0 Å². The maximum Gasteiger partial charge on any atom is 0.115 e. The van der Waals surface area contributed by atoms with Crippen molar-refractivity contribution in [2.75, 3.05) is 13.2 Å². The van der Waals surface area contributed by atoms with Gasteiger partial charge >= 0.3 is 0 Å². The smallest absolute Gasteiger partial charge is 0.115 e. The maximum absolute atomic E-state index is 10.5. The van der Waals surface area contributed by atoms with Gasteiger partial charge in [-0.25, -0.2) is 0 Å². The molecule has 0 heterocycles. The first kappa shape index (κ1) is 17.4. The van der Waals surface area contributed by atoms with Gasteiger partial charge in [-0.2, -0.15) is 0 Å². The van der Waals surface area contributed by atoms with E-state index in [1.807, 2.05) is 12.1 Å². The van der Waals surface area contributed by atoms with Crippen molar-refractivity contribution >= 4 is 0 Å². The summed E-state index contributed by atoms with van der Waals surface area (Å²) in [7, 11) is 0. The number of phenols is 1. The minimum atomic E-state index is -0.0915. The predicted molar refractivity (Wildman–Crippen MR) is 98.7 cm³/mol. The van der Waals surface area contributed by atoms with Gasteiger partial charge in [-0.05, 0) is 97.8 Å². The molecule has 2 saturated carbocycles. The number of benzene rings is 1. The van der Waals surface area contributed by atoms with Crippen LogP contribution in [-0.4, -0.2) is 29.5 Å². The van der Waals surface area contributed by atoms with Crippen molar-refractivity contribution < 1.29 is 14.9 Å². The van der Waals surface area contributed by atoms with E-state index in [0.717, 1.165) is 45.3 Å². The molecule has 3 aliphatic carbocycles. The molecule has 0 aromatic heterocycles. The van der Waals surface area contributed by atoms with E-state index < -0.39 is 0 Å². The number of rotatable bonds is 5. The lowest BCUT2D eigenvalue weighted by atomic mass is 9.56. The Morgan fingerprint density at radius 2 is 1.96 bits per heavy atom. The summed E-state index contributed by atoms with van der Waals surface area (Å²) >= 11 is 0. The van der Waals surface area contributed by atoms with Crippen molar-refractivity contribution in [2.45, 2.75) is 63.9 Å². The van der Waals surface area contributed by atoms with Crippen molar-refractivity contribution in [3.63, 3.8) is 0 Å². The summed E-state index contributed by atoms with van der Waals surface area (Å²) in [6.45, 7) is 3.84. The number of fused-ring (bicyclic) bond motifs is 5. The Morgan fingerprint density at radius 1 is 1.08 bits per heavy atom. The number of aliphatic hydroxyl groups is 1. The zero-order chi connectivity index (χ0) is 17.4. The lowest BCUT2D eigenvalue weighted by Gasteiger charge is -2.49. The van der Waals surface area contributed by atoms with E-state index >= 15 is 0 Å². The Kier molecular flexibility index (Phi) is 5.06. The van der Waals surface area contributed by atoms with Crippen molar-refractivity contribution in [3.05, 3.63) is 29.3 Å². The standard InChI is InChI=1S/C22H32O3/c1-2-10-25-11-9-15-13-20-18(7-8-21(20)24)19-5-3-14-12-16(23)4-6-17(14)22(15)19/h4,6,12,15,18-24H,2-3,5,7-11,13H2,1H3/t15-,18?,19?,20?,21-,22?/m0/s1. The summed E-state index contributed by atoms with van der Waals surface area (Å²) in [6, 6.07) is 6.01. The minimum Gasteiger partial charge on any atom is -0.508 e. The molecular weight excluding hydrogens is 312 g/mol. The minimum absolute atomic E-state index is 0.0915. The maximum atomic E-state index is 10.5. The van der Waals surface area contributed by atoms with Gasteiger partial charge in [-0.15, -0.1) is 0 Å². The van der Waals surface area contributed by atoms with Gasteiger partial charge in [-0.1, -0.05) is 13.0 Å². The number of phenolic OH excluding ortho intramolecular Hbond substituents is 1. The lowest BCUT2D eigenvalue weighted by Crippen LogP contribution is -2.42. The van der Waals surface area contributed by atoms with Crippen molar-refractivity contribution in [3.8, 4) is 5.75 Å². The van der Waals surface area contributed by atoms with E-state index in [0.29, 0.717) is 35.3 Å². The second-order valence-electron chi connectivity index (χ2n) is 8.48. The summed E-state index contributed by atoms with van der Waals surface area (Å²) in [6.07, 6.45) is 7.68. The fourth-order valence-corrected chi connectivity index (χ4v) is 6.16. The van der Waals surface area contributed by atoms with E-state index in [4.69, 9.17) is 4.74 Å². The Labute approximate surface area is 151 Å². The van der Waals surface area contributed by atoms with Crippen LogP contribution in [0.1, 0.15) is 62.5 Å². The molecule has 25 heavy (non-hydrogen) atoms. The summed E-state index contributed by atoms with van der Waals surface area (Å²) in [5.41, 5.74) is 2.81. The van der Waals surface area contributed by atoms with E-state index in [2.05, 4.69) is 13.0 Å². The summed E-state index contributed by atoms with van der Waals surface area (Å²) in [4.78, 5) is 0. The normalized spacial score (nSPS) is 36.6. The van der Waals surface area contributed by atoms with Crippen LogP contribution >= 0.6 is 0 Å². The van der Waals surface area contributed by atoms with Crippen molar-refractivity contribution in [1.82, 2.24) is 0 Å². The first-order chi connectivity index (χ1) is 12.2. The molecule has 0 saturated heterocycles. The molecule has 4 unspecified atom stereocenters. The molecular formula is C22H32O3. The molecule has 1 aromatic carbocycles. The Balaban J connectivity index is 1.61. The zero-order valence-corrected chi connectivity index (χ0v) is 15.4. The average molecular weight is 344 g/mol. The fraction of sp³-hybridized carbons (Fsp3) is 0.727. The summed E-state index contributed by atoms with van der Waals surface area (Å²) < 4.78 is 5.81. The SMILES string of the molecule is CCCOCC[C@H]1CC2C(CC[C@@H]2O)C2CCc3cc(O)ccc3C21. The zero-order valence-electron chi connectivity index (χ0n) is 15.4. The second-order valence-corrected chi connectivity index (χ2v) is 8.48. The molecule has 0 spiro atoms. The first-order valence-electron chi connectivity index (χ1n) is 10.3. The van der Waals surface area contributed by atoms with E-state index in [1.54, 1.807) is 0 Å². The van der Waals surface area contributed by atoms with E-state index in [1.165, 1.54) is 24.0 Å². The molecule has 0 radical (unpaired) electrons. The third-order valence-electron chi connectivity index (χ3n) is 7.15. The molecule has 6 atom stereocenters. The van der Waals surface area contributed by atoms with Gasteiger partial charge < -0.3 is 14.9 Å². The van der Waals surface area contributed by atoms with Gasteiger partial charge in [0.2, 0.25) is 0 Å². The third kappa shape index (κ3) is 3.21. The largest absolute Gasteiger partial charge is 0.508 e. The highest BCUT2D eigenvalue weighted by Crippen LogP contribution is 2.58. The Morgan fingerprint density at radius 3 is 2.80 bits per heavy atom. The van der Waals surface area contributed by atoms with Crippen molar-refractivity contribution in [1.29, 1.82) is 0 Å². The number of hydrogen-bond donors (Lipinski definition) is 2. The molecule has 3 heteroatoms. The van der Waals surface area contributed by atoms with Crippen molar-refractivity contribution in [2.24, 2.45) is 23.7 Å². The highest BCUT2D eigenvalue weighted by Gasteiger charge is 2.50. The quantitative estimate of drug-likeness (QED) is 0.785. The number of aryl methyl sites for hydroxylation is 1. The lowest BCUT2D eigenvalue weighted by molar-refractivity contribution is 0.0123. The predicted octanol–water partition coefficient (Wildman–Crippen LogP) is 4.26. The fourth-order valence-electron chi connectivity index (χ4n) is 6.16. The van der Waals surface area contributed by atoms with Crippen LogP contribution in [-0.2, 0) is 11.2 Å². The van der Waals surface area contributed by atoms with Crippen LogP contribution in [0.3, 0.4) is 0 Å². The van der Waals surface area contributed by atoms with E-state index in [-0.39, 0.29) is 6.10 Å². The van der Waals surface area contributed by atoms with Gasteiger partial charge in [-0.3, -0.25) is 0 Å². The second kappa shape index (κ2) is 7.28. The molecule has 0 amide bonds. The number of aromatic hydroxyl groups is 1. The first-order valence-corrected chi connectivity index (χ1v) is 10.3. The highest BCUT2D eigenvalue weighted by molar-refractivity contribution is 5.40. The van der Waals surface area contributed by atoms with Crippen LogP contribution in [0.2, 0.25) is 0 Å². The highest BCUT2D eigenvalue weighted by atomic mass is 16.5. The molecule has 0 bridgehead atoms. The molecule has 2 N–H and O–H groups in total. The summed E-state index contributed by atoms with van der Waals surface area (Å²) in [5.74, 6) is 3.46. The Bertz CT molecular complexity index is 599. The molecule has 138 valence electrons. The van der Waals surface area contributed by atoms with Crippen LogP contribution in [0, 0.1) is 23.7 Å². The third-order valence-corrected chi connectivity index (χ3v) is 7.15. The number of hydrogen-bond acceptors (Lipinski definition) is 3. The van der Waals surface area contributed by atoms with Crippen LogP contribution in [0.4, 0.5) is 0 Å². The van der Waals surface area contributed by atoms with Crippen LogP contribution < -0.4 is 0 Å². The molecule has 1 aromatic rings. The monoisotopic (exact) mass is 344 g/mol. The number of ether oxygens (including phenoxy) is 1. The van der Waals surface area contributed by atoms with Gasteiger partial charge in [0.1, 0.15) is 5.75 Å². The molecule has 3 aliphatic rings. The van der Waals surface area contributed by atoms with Gasteiger partial charge in [0.25, 0.3) is 0 Å². The number of aliphatic hydroxyl groups excluding tert-OH is 1. The van der Waals surface area contributed by atoms with E-state index in [9.17, 15) is 10.2 Å².